The second-order valence-electron chi connectivity index (χ2n) is 14.0. The van der Waals surface area contributed by atoms with Crippen LogP contribution in [0.25, 0.3) is 0 Å². The van der Waals surface area contributed by atoms with Gasteiger partial charge in [-0.1, -0.05) is 95.2 Å². The molecule has 0 fully saturated rings. The largest absolute Gasteiger partial charge is 0.506 e. The smallest absolute Gasteiger partial charge is 0.303 e. The van der Waals surface area contributed by atoms with Crippen molar-refractivity contribution in [2.75, 3.05) is 5.32 Å². The van der Waals surface area contributed by atoms with Crippen LogP contribution in [0.2, 0.25) is 0 Å². The number of nitrogens with zero attached hydrogens (tertiary/aromatic N) is 2. The third-order valence-electron chi connectivity index (χ3n) is 6.46. The first-order valence-corrected chi connectivity index (χ1v) is 12.9. The quantitative estimate of drug-likeness (QED) is 0.158. The predicted molar refractivity (Wildman–Crippen MR) is 158 cm³/mol. The Bertz CT molecular complexity index is 1260. The average Bonchev–Trinajstić information content (AvgIpc) is 2.71. The topological polar surface area (TPSA) is 108 Å². The minimum Gasteiger partial charge on any atom is -0.506 e. The van der Waals surface area contributed by atoms with Gasteiger partial charge >= 0.3 is 5.70 Å². The summed E-state index contributed by atoms with van der Waals surface area (Å²) in [5.41, 5.74) is 2.77. The lowest BCUT2D eigenvalue weighted by molar-refractivity contribution is -0.414. The first-order chi connectivity index (χ1) is 17.0. The Morgan fingerprint density at radius 2 is 1.26 bits per heavy atom. The fourth-order valence-electron chi connectivity index (χ4n) is 3.93. The molecule has 2 aromatic carbocycles. The fraction of sp³-hybridized carbons (Fsp3) is 0.516. The van der Waals surface area contributed by atoms with Gasteiger partial charge in [0.05, 0.1) is 16.8 Å². The number of anilines is 1. The maximum absolute atomic E-state index is 11.9. The molecule has 2 rings (SSSR count). The summed E-state index contributed by atoms with van der Waals surface area (Å²) in [4.78, 5) is 15.7. The van der Waals surface area contributed by atoms with Crippen molar-refractivity contribution in [3.05, 3.63) is 68.5 Å². The molecule has 0 atom stereocenters. The zero-order valence-electron chi connectivity index (χ0n) is 25.1. The molecule has 0 aliphatic rings. The maximum atomic E-state index is 11.9. The van der Waals surface area contributed by atoms with E-state index in [1.807, 2.05) is 59.7 Å². The summed E-state index contributed by atoms with van der Waals surface area (Å²) in [6.45, 7) is 24.5. The van der Waals surface area contributed by atoms with Crippen LogP contribution in [0.4, 0.5) is 11.4 Å². The summed E-state index contributed by atoms with van der Waals surface area (Å²) in [5, 5.41) is 36.7. The number of allylic oxidation sites excluding steroid dienone is 1. The molecule has 2 aromatic rings. The Morgan fingerprint density at radius 1 is 0.789 bits per heavy atom. The molecule has 0 spiro atoms. The normalized spacial score (nSPS) is 13.7. The number of benzene rings is 2. The minimum atomic E-state index is -0.552. The summed E-state index contributed by atoms with van der Waals surface area (Å²) in [7, 11) is 0. The molecule has 0 amide bonds. The first kappa shape index (κ1) is 30.9. The number of nitro groups is 1. The average molecular weight is 524 g/mol. The van der Waals surface area contributed by atoms with Gasteiger partial charge in [0.1, 0.15) is 23.4 Å². The molecular formula is C31H45N3O4. The molecule has 7 heteroatoms. The molecule has 0 bridgehead atoms. The summed E-state index contributed by atoms with van der Waals surface area (Å²) < 4.78 is 0. The van der Waals surface area contributed by atoms with Crippen molar-refractivity contribution in [3.8, 4) is 11.5 Å². The van der Waals surface area contributed by atoms with Crippen LogP contribution in [-0.4, -0.2) is 21.4 Å². The number of hydrogen-bond donors (Lipinski definition) is 3. The van der Waals surface area contributed by atoms with Gasteiger partial charge in [0, 0.05) is 5.56 Å². The highest BCUT2D eigenvalue weighted by atomic mass is 16.6. The third-order valence-corrected chi connectivity index (χ3v) is 6.46. The molecule has 0 radical (unpaired) electrons. The van der Waals surface area contributed by atoms with E-state index in [-0.39, 0.29) is 38.9 Å². The molecular weight excluding hydrogens is 478 g/mol. The zero-order valence-corrected chi connectivity index (χ0v) is 25.1. The number of hydrogen-bond acceptors (Lipinski definition) is 6. The molecule has 3 N–H and O–H groups in total. The highest BCUT2D eigenvalue weighted by molar-refractivity contribution is 5.81. The van der Waals surface area contributed by atoms with Gasteiger partial charge < -0.3 is 15.5 Å². The van der Waals surface area contributed by atoms with Crippen molar-refractivity contribution < 1.29 is 15.1 Å². The van der Waals surface area contributed by atoms with E-state index >= 15 is 0 Å². The summed E-state index contributed by atoms with van der Waals surface area (Å²) >= 11 is 0. The fourth-order valence-corrected chi connectivity index (χ4v) is 3.93. The molecule has 0 aliphatic carbocycles. The summed E-state index contributed by atoms with van der Waals surface area (Å²) in [6, 6.07) is 7.46. The van der Waals surface area contributed by atoms with Gasteiger partial charge in [-0.15, -0.1) is 0 Å². The Balaban J connectivity index is 2.61. The second kappa shape index (κ2) is 10.4. The van der Waals surface area contributed by atoms with Crippen LogP contribution < -0.4 is 5.32 Å². The SMILES string of the molecule is CC(C)(C)c1cc(N/C=C(\C=Nc2c(O)cc(C(C)(C)C)cc2C(C)(C)C)[N+](=O)[O-])c(O)c(C(C)(C)C)c1. The zero-order chi connectivity index (χ0) is 29.4. The van der Waals surface area contributed by atoms with Gasteiger partial charge in [0.15, 0.2) is 0 Å². The molecule has 7 nitrogen and oxygen atoms in total. The van der Waals surface area contributed by atoms with E-state index < -0.39 is 4.92 Å². The van der Waals surface area contributed by atoms with Crippen LogP contribution >= 0.6 is 0 Å². The first-order valence-electron chi connectivity index (χ1n) is 12.9. The number of aromatic hydroxyl groups is 2. The van der Waals surface area contributed by atoms with E-state index in [4.69, 9.17) is 0 Å². The Morgan fingerprint density at radius 3 is 1.71 bits per heavy atom. The lowest BCUT2D eigenvalue weighted by Gasteiger charge is -2.27. The van der Waals surface area contributed by atoms with Gasteiger partial charge in [-0.3, -0.25) is 10.1 Å². The lowest BCUT2D eigenvalue weighted by Crippen LogP contribution is -2.17. The molecule has 0 unspecified atom stereocenters. The molecule has 0 saturated carbocycles. The summed E-state index contributed by atoms with van der Waals surface area (Å²) in [6.07, 6.45) is 2.35. The molecule has 0 aromatic heterocycles. The standard InChI is InChI=1S/C31H45N3O4/c1-28(2,3)19-14-23(31(10,11)12)27(36)24(15-19)32-17-21(34(37)38)18-33-26-22(30(7,8)9)13-20(16-25(26)35)29(4,5)6/h13-18,32,35-36H,1-12H3/b21-17+,33-18?. The van der Waals surface area contributed by atoms with Crippen LogP contribution in [0, 0.1) is 10.1 Å². The summed E-state index contributed by atoms with van der Waals surface area (Å²) in [5.74, 6) is 0.0198. The number of phenolic OH excluding ortho intramolecular Hbond substituents is 2. The van der Waals surface area contributed by atoms with E-state index in [1.54, 1.807) is 6.07 Å². The van der Waals surface area contributed by atoms with Crippen LogP contribution in [-0.2, 0) is 21.7 Å². The maximum Gasteiger partial charge on any atom is 0.303 e. The second-order valence-corrected chi connectivity index (χ2v) is 14.0. The van der Waals surface area contributed by atoms with Crippen molar-refractivity contribution in [2.24, 2.45) is 4.99 Å². The van der Waals surface area contributed by atoms with E-state index in [9.17, 15) is 20.3 Å². The monoisotopic (exact) mass is 523 g/mol. The van der Waals surface area contributed by atoms with Crippen LogP contribution in [0.15, 0.2) is 41.2 Å². The predicted octanol–water partition coefficient (Wildman–Crippen LogP) is 8.22. The number of rotatable bonds is 5. The molecule has 38 heavy (non-hydrogen) atoms. The van der Waals surface area contributed by atoms with E-state index in [0.717, 1.165) is 28.5 Å². The molecule has 0 aliphatic heterocycles. The Labute approximate surface area is 227 Å². The van der Waals surface area contributed by atoms with Crippen molar-refractivity contribution in [2.45, 2.75) is 105 Å². The van der Waals surface area contributed by atoms with E-state index in [2.05, 4.69) is 51.9 Å². The highest BCUT2D eigenvalue weighted by Gasteiger charge is 2.27. The minimum absolute atomic E-state index is 0.0281. The van der Waals surface area contributed by atoms with Crippen molar-refractivity contribution in [1.82, 2.24) is 0 Å². The molecule has 208 valence electrons. The van der Waals surface area contributed by atoms with Crippen molar-refractivity contribution in [3.63, 3.8) is 0 Å². The van der Waals surface area contributed by atoms with Gasteiger partial charge in [-0.05, 0) is 50.5 Å². The van der Waals surface area contributed by atoms with Gasteiger partial charge in [-0.25, -0.2) is 4.99 Å². The van der Waals surface area contributed by atoms with Crippen molar-refractivity contribution >= 4 is 17.6 Å². The van der Waals surface area contributed by atoms with Gasteiger partial charge in [-0.2, -0.15) is 0 Å². The van der Waals surface area contributed by atoms with Gasteiger partial charge in [0.25, 0.3) is 0 Å². The molecule has 0 saturated heterocycles. The van der Waals surface area contributed by atoms with Gasteiger partial charge in [0.2, 0.25) is 0 Å². The van der Waals surface area contributed by atoms with E-state index in [0.29, 0.717) is 11.4 Å². The number of nitrogens with one attached hydrogen (secondary N) is 1. The Hall–Kier alpha value is -3.35. The lowest BCUT2D eigenvalue weighted by atomic mass is 9.79. The number of aliphatic imine (C=N–C) groups is 1. The van der Waals surface area contributed by atoms with Crippen LogP contribution in [0.3, 0.4) is 0 Å². The highest BCUT2D eigenvalue weighted by Crippen LogP contribution is 2.42. The number of phenols is 2. The van der Waals surface area contributed by atoms with Crippen molar-refractivity contribution in [1.29, 1.82) is 0 Å². The van der Waals surface area contributed by atoms with Crippen LogP contribution in [0.5, 0.6) is 11.5 Å². The Kier molecular flexibility index (Phi) is 8.47. The van der Waals surface area contributed by atoms with E-state index in [1.165, 1.54) is 6.20 Å². The molecule has 0 heterocycles. The third kappa shape index (κ3) is 7.36. The van der Waals surface area contributed by atoms with Crippen LogP contribution in [0.1, 0.15) is 105 Å².